The number of carbonyl (C=O) groups is 1. The SMILES string of the molecule is CCOC(CC(=O)OC(C)(C)C)=NNCCC(C)(C)C. The monoisotopic (exact) mass is 286 g/mol. The molecule has 0 rings (SSSR count). The van der Waals surface area contributed by atoms with E-state index >= 15 is 0 Å². The Bertz CT molecular complexity index is 325. The quantitative estimate of drug-likeness (QED) is 0.268. The van der Waals surface area contributed by atoms with Gasteiger partial charge in [-0.25, -0.2) is 0 Å². The summed E-state index contributed by atoms with van der Waals surface area (Å²) < 4.78 is 10.6. The molecule has 118 valence electrons. The highest BCUT2D eigenvalue weighted by molar-refractivity contribution is 5.94. The van der Waals surface area contributed by atoms with Gasteiger partial charge in [0.25, 0.3) is 0 Å². The average Bonchev–Trinajstić information content (AvgIpc) is 2.20. The van der Waals surface area contributed by atoms with Crippen LogP contribution in [0.5, 0.6) is 0 Å². The van der Waals surface area contributed by atoms with E-state index < -0.39 is 5.60 Å². The van der Waals surface area contributed by atoms with Crippen LogP contribution < -0.4 is 5.43 Å². The number of esters is 1. The Morgan fingerprint density at radius 2 is 1.75 bits per heavy atom. The van der Waals surface area contributed by atoms with Crippen LogP contribution in [0.1, 0.15) is 61.3 Å². The molecule has 0 atom stereocenters. The Hall–Kier alpha value is -1.26. The molecular formula is C15H30N2O3. The van der Waals surface area contributed by atoms with Crippen molar-refractivity contribution in [2.75, 3.05) is 13.2 Å². The number of ether oxygens (including phenoxy) is 2. The van der Waals surface area contributed by atoms with Gasteiger partial charge in [0, 0.05) is 6.54 Å². The van der Waals surface area contributed by atoms with Gasteiger partial charge in [0.15, 0.2) is 0 Å². The zero-order valence-electron chi connectivity index (χ0n) is 14.0. The van der Waals surface area contributed by atoms with E-state index in [0.29, 0.717) is 12.5 Å². The third-order valence-corrected chi connectivity index (χ3v) is 2.22. The van der Waals surface area contributed by atoms with Crippen LogP contribution in [0.25, 0.3) is 0 Å². The third kappa shape index (κ3) is 11.8. The van der Waals surface area contributed by atoms with Gasteiger partial charge < -0.3 is 14.9 Å². The summed E-state index contributed by atoms with van der Waals surface area (Å²) in [6, 6.07) is 0. The summed E-state index contributed by atoms with van der Waals surface area (Å²) in [6.07, 6.45) is 1.04. The first-order chi connectivity index (χ1) is 9.03. The van der Waals surface area contributed by atoms with E-state index in [4.69, 9.17) is 9.47 Å². The molecule has 0 aliphatic carbocycles. The maximum atomic E-state index is 11.7. The fourth-order valence-corrected chi connectivity index (χ4v) is 1.37. The molecule has 5 heteroatoms. The number of carbonyl (C=O) groups excluding carboxylic acids is 1. The summed E-state index contributed by atoms with van der Waals surface area (Å²) in [6.45, 7) is 15.1. The summed E-state index contributed by atoms with van der Waals surface area (Å²) >= 11 is 0. The third-order valence-electron chi connectivity index (χ3n) is 2.22. The van der Waals surface area contributed by atoms with Crippen molar-refractivity contribution >= 4 is 11.9 Å². The van der Waals surface area contributed by atoms with Gasteiger partial charge in [0.1, 0.15) is 12.0 Å². The Labute approximate surface area is 123 Å². The predicted molar refractivity (Wildman–Crippen MR) is 81.6 cm³/mol. The van der Waals surface area contributed by atoms with Crippen LogP contribution in [0.3, 0.4) is 0 Å². The van der Waals surface area contributed by atoms with Crippen LogP contribution in [0.4, 0.5) is 0 Å². The average molecular weight is 286 g/mol. The number of hydrogen-bond acceptors (Lipinski definition) is 5. The van der Waals surface area contributed by atoms with Crippen molar-refractivity contribution in [1.82, 2.24) is 5.43 Å². The second-order valence-corrected chi connectivity index (χ2v) is 6.92. The van der Waals surface area contributed by atoms with Gasteiger partial charge in [-0.3, -0.25) is 4.79 Å². The highest BCUT2D eigenvalue weighted by Crippen LogP contribution is 2.16. The minimum absolute atomic E-state index is 0.0492. The van der Waals surface area contributed by atoms with Crippen molar-refractivity contribution in [2.24, 2.45) is 10.5 Å². The van der Waals surface area contributed by atoms with Gasteiger partial charge in [-0.15, -0.1) is 5.10 Å². The van der Waals surface area contributed by atoms with Crippen molar-refractivity contribution in [3.8, 4) is 0 Å². The molecule has 5 nitrogen and oxygen atoms in total. The van der Waals surface area contributed by atoms with Crippen molar-refractivity contribution in [2.45, 2.75) is 66.9 Å². The molecule has 0 amide bonds. The molecule has 0 aliphatic heterocycles. The Kier molecular flexibility index (Phi) is 7.61. The number of hydrazone groups is 1. The van der Waals surface area contributed by atoms with E-state index in [9.17, 15) is 4.79 Å². The lowest BCUT2D eigenvalue weighted by Gasteiger charge is -2.20. The Morgan fingerprint density at radius 3 is 2.20 bits per heavy atom. The molecule has 0 heterocycles. The van der Waals surface area contributed by atoms with E-state index in [0.717, 1.165) is 13.0 Å². The Morgan fingerprint density at radius 1 is 1.15 bits per heavy atom. The van der Waals surface area contributed by atoms with Crippen molar-refractivity contribution in [3.05, 3.63) is 0 Å². The lowest BCUT2D eigenvalue weighted by Crippen LogP contribution is -2.27. The van der Waals surface area contributed by atoms with Crippen molar-refractivity contribution < 1.29 is 14.3 Å². The topological polar surface area (TPSA) is 59.9 Å². The molecule has 20 heavy (non-hydrogen) atoms. The van der Waals surface area contributed by atoms with Gasteiger partial charge in [0.05, 0.1) is 6.61 Å². The zero-order chi connectivity index (χ0) is 15.8. The highest BCUT2D eigenvalue weighted by Gasteiger charge is 2.18. The minimum atomic E-state index is -0.492. The molecule has 0 unspecified atom stereocenters. The van der Waals surface area contributed by atoms with Gasteiger partial charge in [0.2, 0.25) is 5.90 Å². The summed E-state index contributed by atoms with van der Waals surface area (Å²) in [4.78, 5) is 11.7. The number of rotatable bonds is 6. The molecule has 0 aromatic carbocycles. The van der Waals surface area contributed by atoms with Crippen LogP contribution in [0.2, 0.25) is 0 Å². The first-order valence-corrected chi connectivity index (χ1v) is 7.17. The molecule has 1 N–H and O–H groups in total. The number of nitrogens with one attached hydrogen (secondary N) is 1. The smallest absolute Gasteiger partial charge is 0.315 e. The molecule has 0 fully saturated rings. The summed E-state index contributed by atoms with van der Waals surface area (Å²) in [5.41, 5.74) is 2.71. The largest absolute Gasteiger partial charge is 0.480 e. The van der Waals surface area contributed by atoms with E-state index in [2.05, 4.69) is 31.3 Å². The van der Waals surface area contributed by atoms with Gasteiger partial charge in [-0.1, -0.05) is 20.8 Å². The fraction of sp³-hybridized carbons (Fsp3) is 0.867. The van der Waals surface area contributed by atoms with Crippen LogP contribution >= 0.6 is 0 Å². The molecular weight excluding hydrogens is 256 g/mol. The van der Waals surface area contributed by atoms with Gasteiger partial charge in [-0.05, 0) is 39.5 Å². The highest BCUT2D eigenvalue weighted by atomic mass is 16.6. The standard InChI is InChI=1S/C15H30N2O3/c1-8-19-12(11-13(18)20-15(5,6)7)17-16-10-9-14(2,3)4/h16H,8-11H2,1-7H3. The van der Waals surface area contributed by atoms with Gasteiger partial charge in [-0.2, -0.15) is 0 Å². The lowest BCUT2D eigenvalue weighted by molar-refractivity contribution is -0.153. The Balaban J connectivity index is 4.31. The van der Waals surface area contributed by atoms with Gasteiger partial charge >= 0.3 is 5.97 Å². The molecule has 0 saturated heterocycles. The van der Waals surface area contributed by atoms with E-state index in [1.165, 1.54) is 0 Å². The molecule has 0 aliphatic rings. The first-order valence-electron chi connectivity index (χ1n) is 7.17. The van der Waals surface area contributed by atoms with E-state index in [-0.39, 0.29) is 17.8 Å². The number of nitrogens with zero attached hydrogens (tertiary/aromatic N) is 1. The second kappa shape index (κ2) is 8.12. The molecule has 0 saturated carbocycles. The van der Waals surface area contributed by atoms with Crippen LogP contribution in [-0.4, -0.2) is 30.6 Å². The fourth-order valence-electron chi connectivity index (χ4n) is 1.37. The van der Waals surface area contributed by atoms with Crippen LogP contribution in [0.15, 0.2) is 5.10 Å². The minimum Gasteiger partial charge on any atom is -0.480 e. The zero-order valence-corrected chi connectivity index (χ0v) is 14.0. The van der Waals surface area contributed by atoms with E-state index in [1.807, 2.05) is 27.7 Å². The maximum Gasteiger partial charge on any atom is 0.315 e. The summed E-state index contributed by atoms with van der Waals surface area (Å²) in [5, 5.41) is 4.13. The normalized spacial score (nSPS) is 13.1. The molecule has 0 aromatic heterocycles. The van der Waals surface area contributed by atoms with E-state index in [1.54, 1.807) is 0 Å². The van der Waals surface area contributed by atoms with Crippen molar-refractivity contribution in [3.63, 3.8) is 0 Å². The molecule has 0 radical (unpaired) electrons. The van der Waals surface area contributed by atoms with Crippen LogP contribution in [0, 0.1) is 5.41 Å². The molecule has 0 aromatic rings. The second-order valence-electron chi connectivity index (χ2n) is 6.92. The summed E-state index contributed by atoms with van der Waals surface area (Å²) in [5.74, 6) is 0.0398. The summed E-state index contributed by atoms with van der Waals surface area (Å²) in [7, 11) is 0. The van der Waals surface area contributed by atoms with Crippen LogP contribution in [-0.2, 0) is 14.3 Å². The maximum absolute atomic E-state index is 11.7. The number of hydrogen-bond donors (Lipinski definition) is 1. The van der Waals surface area contributed by atoms with Crippen molar-refractivity contribution in [1.29, 1.82) is 0 Å². The molecule has 0 bridgehead atoms. The predicted octanol–water partition coefficient (Wildman–Crippen LogP) is 3.09. The lowest BCUT2D eigenvalue weighted by atomic mass is 9.93. The molecule has 0 spiro atoms. The first kappa shape index (κ1) is 18.7.